The average molecular weight is 531 g/mol. The van der Waals surface area contributed by atoms with E-state index in [2.05, 4.69) is 28.0 Å². The lowest BCUT2D eigenvalue weighted by Gasteiger charge is -2.40. The molecule has 2 aliphatic heterocycles. The maximum atomic E-state index is 12.8. The molecule has 6 rings (SSSR count). The number of carbonyl (C=O) groups excluding carboxylic acids is 1. The molecule has 0 amide bonds. The van der Waals surface area contributed by atoms with E-state index in [1.165, 1.54) is 37.9 Å². The highest BCUT2D eigenvalue weighted by Crippen LogP contribution is 2.29. The van der Waals surface area contributed by atoms with Crippen LogP contribution in [0.15, 0.2) is 76.4 Å². The Morgan fingerprint density at radius 2 is 1.76 bits per heavy atom. The van der Waals surface area contributed by atoms with E-state index in [9.17, 15) is 9.59 Å². The van der Waals surface area contributed by atoms with Crippen LogP contribution < -0.4 is 5.43 Å². The number of rotatable bonds is 7. The Bertz CT molecular complexity index is 1480. The molecule has 2 aliphatic rings. The monoisotopic (exact) mass is 530 g/mol. The van der Waals surface area contributed by atoms with Crippen molar-refractivity contribution in [3.8, 4) is 0 Å². The van der Waals surface area contributed by atoms with Crippen molar-refractivity contribution >= 4 is 49.2 Å². The Labute approximate surface area is 225 Å². The number of carbonyl (C=O) groups is 1. The molecule has 190 valence electrons. The number of hydrogen-bond donors (Lipinski definition) is 0. The molecule has 7 heteroatoms. The normalized spacial score (nSPS) is 18.3. The molecule has 1 unspecified atom stereocenters. The van der Waals surface area contributed by atoms with E-state index in [0.717, 1.165) is 38.2 Å². The van der Waals surface area contributed by atoms with Crippen molar-refractivity contribution in [3.05, 3.63) is 88.1 Å². The van der Waals surface area contributed by atoms with Crippen molar-refractivity contribution in [2.75, 3.05) is 32.0 Å². The van der Waals surface area contributed by atoms with E-state index < -0.39 is 0 Å². The lowest BCUT2D eigenvalue weighted by molar-refractivity contribution is 0.0286. The van der Waals surface area contributed by atoms with E-state index in [1.807, 2.05) is 48.5 Å². The van der Waals surface area contributed by atoms with E-state index in [0.29, 0.717) is 24.1 Å². The minimum absolute atomic E-state index is 0.0808. The van der Waals surface area contributed by atoms with Gasteiger partial charge in [-0.2, -0.15) is 0 Å². The summed E-state index contributed by atoms with van der Waals surface area (Å²) in [4.78, 5) is 31.6. The summed E-state index contributed by atoms with van der Waals surface area (Å²) in [6.45, 7) is 4.87. The van der Waals surface area contributed by atoms with E-state index in [1.54, 1.807) is 23.1 Å². The Balaban J connectivity index is 1.01. The van der Waals surface area contributed by atoms with Crippen molar-refractivity contribution in [3.63, 3.8) is 0 Å². The summed E-state index contributed by atoms with van der Waals surface area (Å²) in [5.41, 5.74) is 1.92. The molecule has 0 saturated carbocycles. The van der Waals surface area contributed by atoms with Crippen LogP contribution in [0.4, 0.5) is 0 Å². The number of fused-ring (bicyclic) bond motifs is 3. The van der Waals surface area contributed by atoms with Crippen LogP contribution >= 0.6 is 23.1 Å². The third-order valence-corrected chi connectivity index (χ3v) is 9.44. The fraction of sp³-hybridized carbons (Fsp3) is 0.333. The summed E-state index contributed by atoms with van der Waals surface area (Å²) in [5, 5.41) is 1.52. The standard InChI is InChI=1S/C30H30N2O3S2/c33-29-24-5-1-2-6-26(24)37-27-19-23(12-13-25(27)29)36-18-17-35-30(34)22-10-8-21(9-11-22)20-32-16-4-15-31-14-3-7-28(31)32/h1-2,5-6,8-13,19,28H,3-4,7,14-18,20H2. The van der Waals surface area contributed by atoms with Gasteiger partial charge in [-0.1, -0.05) is 24.3 Å². The summed E-state index contributed by atoms with van der Waals surface area (Å²) >= 11 is 3.26. The van der Waals surface area contributed by atoms with Gasteiger partial charge in [-0.3, -0.25) is 14.6 Å². The van der Waals surface area contributed by atoms with Crippen molar-refractivity contribution < 1.29 is 9.53 Å². The highest BCUT2D eigenvalue weighted by Gasteiger charge is 2.32. The molecule has 5 nitrogen and oxygen atoms in total. The van der Waals surface area contributed by atoms with Crippen LogP contribution in [0.3, 0.4) is 0 Å². The Morgan fingerprint density at radius 3 is 2.65 bits per heavy atom. The van der Waals surface area contributed by atoms with E-state index >= 15 is 0 Å². The third kappa shape index (κ3) is 5.32. The van der Waals surface area contributed by atoms with Crippen LogP contribution in [0.5, 0.6) is 0 Å². The first-order chi connectivity index (χ1) is 18.2. The van der Waals surface area contributed by atoms with Gasteiger partial charge in [-0.25, -0.2) is 4.79 Å². The Morgan fingerprint density at radius 1 is 0.946 bits per heavy atom. The third-order valence-electron chi connectivity index (χ3n) is 7.35. The SMILES string of the molecule is O=C(OCCSc1ccc2c(=O)c3ccccc3sc2c1)c1ccc(CN2CCCN3CCCC32)cc1. The van der Waals surface area contributed by atoms with E-state index in [-0.39, 0.29) is 11.4 Å². The van der Waals surface area contributed by atoms with Gasteiger partial charge < -0.3 is 4.74 Å². The fourth-order valence-electron chi connectivity index (χ4n) is 5.52. The highest BCUT2D eigenvalue weighted by atomic mass is 32.2. The van der Waals surface area contributed by atoms with Crippen LogP contribution in [0.2, 0.25) is 0 Å². The smallest absolute Gasteiger partial charge is 0.338 e. The lowest BCUT2D eigenvalue weighted by atomic mass is 10.1. The van der Waals surface area contributed by atoms with Gasteiger partial charge in [0.15, 0.2) is 5.43 Å². The Hall–Kier alpha value is -2.71. The average Bonchev–Trinajstić information content (AvgIpc) is 3.42. The molecule has 0 bridgehead atoms. The largest absolute Gasteiger partial charge is 0.461 e. The van der Waals surface area contributed by atoms with Gasteiger partial charge in [0.1, 0.15) is 6.61 Å². The van der Waals surface area contributed by atoms with Crippen LogP contribution in [-0.4, -0.2) is 53.9 Å². The molecule has 0 aliphatic carbocycles. The molecule has 1 aromatic heterocycles. The first-order valence-corrected chi connectivity index (χ1v) is 14.8. The zero-order valence-electron chi connectivity index (χ0n) is 20.7. The zero-order chi connectivity index (χ0) is 25.2. The predicted molar refractivity (Wildman–Crippen MR) is 153 cm³/mol. The predicted octanol–water partition coefficient (Wildman–Crippen LogP) is 5.99. The molecule has 0 N–H and O–H groups in total. The lowest BCUT2D eigenvalue weighted by Crippen LogP contribution is -2.49. The second-order valence-corrected chi connectivity index (χ2v) is 12.0. The number of esters is 1. The maximum absolute atomic E-state index is 12.8. The molecule has 3 heterocycles. The summed E-state index contributed by atoms with van der Waals surface area (Å²) in [6, 6.07) is 21.6. The highest BCUT2D eigenvalue weighted by molar-refractivity contribution is 7.99. The minimum atomic E-state index is -0.282. The second kappa shape index (κ2) is 11.0. The van der Waals surface area contributed by atoms with Crippen molar-refractivity contribution in [2.24, 2.45) is 0 Å². The minimum Gasteiger partial charge on any atom is -0.461 e. The summed E-state index contributed by atoms with van der Waals surface area (Å²) in [7, 11) is 0. The van der Waals surface area contributed by atoms with Crippen LogP contribution in [0.25, 0.3) is 20.2 Å². The van der Waals surface area contributed by atoms with Crippen LogP contribution in [-0.2, 0) is 11.3 Å². The zero-order valence-corrected chi connectivity index (χ0v) is 22.4. The second-order valence-electron chi connectivity index (χ2n) is 9.75. The molecular weight excluding hydrogens is 500 g/mol. The maximum Gasteiger partial charge on any atom is 0.338 e. The number of nitrogens with zero attached hydrogens (tertiary/aromatic N) is 2. The van der Waals surface area contributed by atoms with Crippen molar-refractivity contribution in [1.29, 1.82) is 0 Å². The first kappa shape index (κ1) is 24.6. The van der Waals surface area contributed by atoms with Crippen LogP contribution in [0, 0.1) is 0 Å². The summed E-state index contributed by atoms with van der Waals surface area (Å²) in [6.07, 6.45) is 4.37. The topological polar surface area (TPSA) is 49.9 Å². The summed E-state index contributed by atoms with van der Waals surface area (Å²) < 4.78 is 7.52. The molecular formula is C30H30N2O3S2. The number of benzene rings is 3. The van der Waals surface area contributed by atoms with Gasteiger partial charge >= 0.3 is 5.97 Å². The summed E-state index contributed by atoms with van der Waals surface area (Å²) in [5.74, 6) is 0.375. The van der Waals surface area contributed by atoms with Gasteiger partial charge in [-0.05, 0) is 73.8 Å². The van der Waals surface area contributed by atoms with Gasteiger partial charge in [0.25, 0.3) is 0 Å². The van der Waals surface area contributed by atoms with Crippen molar-refractivity contribution in [1.82, 2.24) is 9.80 Å². The van der Waals surface area contributed by atoms with Gasteiger partial charge in [0, 0.05) is 50.5 Å². The Kier molecular flexibility index (Phi) is 7.29. The quantitative estimate of drug-likeness (QED) is 0.127. The number of thioether (sulfide) groups is 1. The van der Waals surface area contributed by atoms with Gasteiger partial charge in [-0.15, -0.1) is 23.1 Å². The van der Waals surface area contributed by atoms with Crippen molar-refractivity contribution in [2.45, 2.75) is 36.9 Å². The molecule has 37 heavy (non-hydrogen) atoms. The van der Waals surface area contributed by atoms with Crippen LogP contribution in [0.1, 0.15) is 35.2 Å². The van der Waals surface area contributed by atoms with Gasteiger partial charge in [0.05, 0.1) is 11.7 Å². The number of ether oxygens (including phenoxy) is 1. The molecule has 4 aromatic rings. The fourth-order valence-corrected chi connectivity index (χ4v) is 7.48. The molecule has 3 aromatic carbocycles. The number of hydrogen-bond acceptors (Lipinski definition) is 7. The molecule has 1 atom stereocenters. The molecule has 2 saturated heterocycles. The molecule has 2 fully saturated rings. The van der Waals surface area contributed by atoms with E-state index in [4.69, 9.17) is 4.74 Å². The van der Waals surface area contributed by atoms with Gasteiger partial charge in [0.2, 0.25) is 0 Å². The molecule has 0 spiro atoms. The molecule has 0 radical (unpaired) electrons. The first-order valence-electron chi connectivity index (χ1n) is 13.0.